The van der Waals surface area contributed by atoms with Crippen molar-refractivity contribution in [2.45, 2.75) is 0 Å². The molecular weight excluding hydrogens is 286 g/mol. The summed E-state index contributed by atoms with van der Waals surface area (Å²) >= 11 is 3.49. The fourth-order valence-electron chi connectivity index (χ4n) is 1.58. The Morgan fingerprint density at radius 2 is 1.88 bits per heavy atom. The van der Waals surface area contributed by atoms with Crippen LogP contribution in [0.3, 0.4) is 0 Å². The van der Waals surface area contributed by atoms with Crippen LogP contribution >= 0.6 is 15.9 Å². The molecule has 5 nitrogen and oxygen atoms in total. The lowest BCUT2D eigenvalue weighted by Crippen LogP contribution is -1.93. The Bertz CT molecular complexity index is 540. The first-order valence-corrected chi connectivity index (χ1v) is 5.68. The van der Waals surface area contributed by atoms with Gasteiger partial charge in [-0.1, -0.05) is 0 Å². The predicted molar refractivity (Wildman–Crippen MR) is 69.2 cm³/mol. The number of hydrogen-bond donors (Lipinski definition) is 2. The van der Waals surface area contributed by atoms with Crippen molar-refractivity contribution < 1.29 is 9.47 Å². The van der Waals surface area contributed by atoms with Gasteiger partial charge >= 0.3 is 0 Å². The van der Waals surface area contributed by atoms with Crippen LogP contribution in [0.4, 0.5) is 5.82 Å². The number of nitrogens with zero attached hydrogens (tertiary/aromatic N) is 1. The highest BCUT2D eigenvalue weighted by Crippen LogP contribution is 2.41. The van der Waals surface area contributed by atoms with E-state index in [1.54, 1.807) is 20.3 Å². The number of H-pyrrole nitrogens is 1. The summed E-state index contributed by atoms with van der Waals surface area (Å²) in [5.41, 5.74) is 7.20. The Labute approximate surface area is 107 Å². The molecule has 0 atom stereocenters. The second kappa shape index (κ2) is 4.67. The van der Waals surface area contributed by atoms with Gasteiger partial charge in [-0.3, -0.25) is 5.10 Å². The third-order valence-corrected chi connectivity index (χ3v) is 3.16. The van der Waals surface area contributed by atoms with Crippen LogP contribution in [0.15, 0.2) is 22.7 Å². The van der Waals surface area contributed by atoms with E-state index in [9.17, 15) is 0 Å². The van der Waals surface area contributed by atoms with E-state index in [1.165, 1.54) is 0 Å². The normalized spacial score (nSPS) is 10.3. The fraction of sp³-hybridized carbons (Fsp3) is 0.182. The van der Waals surface area contributed by atoms with E-state index >= 15 is 0 Å². The third-order valence-electron chi connectivity index (χ3n) is 2.38. The molecule has 90 valence electrons. The van der Waals surface area contributed by atoms with Gasteiger partial charge in [-0.25, -0.2) is 0 Å². The number of aromatic amines is 1. The molecule has 0 fully saturated rings. The van der Waals surface area contributed by atoms with Crippen molar-refractivity contribution in [1.29, 1.82) is 0 Å². The fourth-order valence-corrected chi connectivity index (χ4v) is 2.29. The maximum absolute atomic E-state index is 5.60. The Morgan fingerprint density at radius 3 is 2.41 bits per heavy atom. The van der Waals surface area contributed by atoms with Gasteiger partial charge < -0.3 is 15.2 Å². The van der Waals surface area contributed by atoms with Gasteiger partial charge in [0.25, 0.3) is 0 Å². The minimum absolute atomic E-state index is 0.428. The Balaban J connectivity index is 2.64. The smallest absolute Gasteiger partial charge is 0.145 e. The molecule has 2 rings (SSSR count). The maximum atomic E-state index is 5.60. The number of aromatic nitrogens is 2. The van der Waals surface area contributed by atoms with Crippen molar-refractivity contribution in [1.82, 2.24) is 10.2 Å². The number of hydrogen-bond acceptors (Lipinski definition) is 4. The number of nitrogens with one attached hydrogen (secondary N) is 1. The van der Waals surface area contributed by atoms with Gasteiger partial charge in [-0.2, -0.15) is 5.10 Å². The van der Waals surface area contributed by atoms with E-state index in [0.717, 1.165) is 15.7 Å². The molecule has 0 saturated heterocycles. The molecule has 3 N–H and O–H groups in total. The first-order chi connectivity index (χ1) is 8.17. The first kappa shape index (κ1) is 11.8. The number of nitrogens with two attached hydrogens (primary N) is 1. The average Bonchev–Trinajstić information content (AvgIpc) is 2.75. The SMILES string of the molecule is COc1ccc(OC)c(-c2cc(N)n[nH]2)c1Br. The largest absolute Gasteiger partial charge is 0.496 e. The van der Waals surface area contributed by atoms with Crippen LogP contribution in [-0.4, -0.2) is 24.4 Å². The van der Waals surface area contributed by atoms with Crippen LogP contribution in [0.1, 0.15) is 0 Å². The standard InChI is InChI=1S/C11H12BrN3O2/c1-16-7-3-4-8(17-2)11(12)10(7)6-5-9(13)15-14-6/h3-5H,1-2H3,(H3,13,14,15). The molecule has 0 radical (unpaired) electrons. The van der Waals surface area contributed by atoms with Crippen molar-refractivity contribution in [3.63, 3.8) is 0 Å². The number of nitrogen functional groups attached to an aromatic ring is 1. The van der Waals surface area contributed by atoms with Crippen LogP contribution in [-0.2, 0) is 0 Å². The van der Waals surface area contributed by atoms with E-state index in [2.05, 4.69) is 26.1 Å². The highest BCUT2D eigenvalue weighted by Gasteiger charge is 2.16. The number of benzene rings is 1. The molecule has 1 aromatic carbocycles. The zero-order chi connectivity index (χ0) is 12.4. The molecule has 2 aromatic rings. The lowest BCUT2D eigenvalue weighted by atomic mass is 10.1. The molecule has 0 unspecified atom stereocenters. The zero-order valence-corrected chi connectivity index (χ0v) is 11.0. The molecule has 0 aliphatic carbocycles. The number of halogens is 1. The molecule has 0 spiro atoms. The number of anilines is 1. The summed E-state index contributed by atoms with van der Waals surface area (Å²) in [6.07, 6.45) is 0. The van der Waals surface area contributed by atoms with Gasteiger partial charge in [0, 0.05) is 6.07 Å². The van der Waals surface area contributed by atoms with Gasteiger partial charge in [0.2, 0.25) is 0 Å². The highest BCUT2D eigenvalue weighted by atomic mass is 79.9. The molecule has 1 aromatic heterocycles. The summed E-state index contributed by atoms with van der Waals surface area (Å²) in [6, 6.07) is 5.39. The predicted octanol–water partition coefficient (Wildman–Crippen LogP) is 2.44. The van der Waals surface area contributed by atoms with Gasteiger partial charge in [-0.15, -0.1) is 0 Å². The van der Waals surface area contributed by atoms with Crippen molar-refractivity contribution in [3.8, 4) is 22.8 Å². The summed E-state index contributed by atoms with van der Waals surface area (Å²) in [6.45, 7) is 0. The van der Waals surface area contributed by atoms with E-state index in [1.807, 2.05) is 12.1 Å². The van der Waals surface area contributed by atoms with Gasteiger partial charge in [0.05, 0.1) is 29.9 Å². The third kappa shape index (κ3) is 2.08. The van der Waals surface area contributed by atoms with Crippen LogP contribution in [0.25, 0.3) is 11.3 Å². The van der Waals surface area contributed by atoms with Gasteiger partial charge in [0.1, 0.15) is 17.3 Å². The van der Waals surface area contributed by atoms with E-state index < -0.39 is 0 Å². The van der Waals surface area contributed by atoms with Gasteiger partial charge in [-0.05, 0) is 28.1 Å². The molecule has 6 heteroatoms. The van der Waals surface area contributed by atoms with E-state index in [-0.39, 0.29) is 0 Å². The second-order valence-electron chi connectivity index (χ2n) is 3.37. The molecule has 0 amide bonds. The van der Waals surface area contributed by atoms with Crippen LogP contribution in [0.5, 0.6) is 11.5 Å². The van der Waals surface area contributed by atoms with Crippen molar-refractivity contribution >= 4 is 21.7 Å². The summed E-state index contributed by atoms with van der Waals surface area (Å²) in [4.78, 5) is 0. The Hall–Kier alpha value is -1.69. The van der Waals surface area contributed by atoms with E-state index in [0.29, 0.717) is 17.3 Å². The first-order valence-electron chi connectivity index (χ1n) is 4.89. The molecule has 0 saturated carbocycles. The Morgan fingerprint density at radius 1 is 1.24 bits per heavy atom. The van der Waals surface area contributed by atoms with Crippen LogP contribution < -0.4 is 15.2 Å². The highest BCUT2D eigenvalue weighted by molar-refractivity contribution is 9.10. The summed E-state index contributed by atoms with van der Waals surface area (Å²) < 4.78 is 11.4. The zero-order valence-electron chi connectivity index (χ0n) is 9.45. The molecule has 0 aliphatic rings. The van der Waals surface area contributed by atoms with Crippen molar-refractivity contribution in [2.24, 2.45) is 0 Å². The molecular formula is C11H12BrN3O2. The average molecular weight is 298 g/mol. The summed E-state index contributed by atoms with van der Waals surface area (Å²) in [7, 11) is 3.22. The lowest BCUT2D eigenvalue weighted by molar-refractivity contribution is 0.402. The van der Waals surface area contributed by atoms with Gasteiger partial charge in [0.15, 0.2) is 0 Å². The monoisotopic (exact) mass is 297 g/mol. The molecule has 0 bridgehead atoms. The quantitative estimate of drug-likeness (QED) is 0.913. The summed E-state index contributed by atoms with van der Waals surface area (Å²) in [5, 5.41) is 6.75. The van der Waals surface area contributed by atoms with Crippen LogP contribution in [0, 0.1) is 0 Å². The number of ether oxygens (including phenoxy) is 2. The van der Waals surface area contributed by atoms with Crippen molar-refractivity contribution in [3.05, 3.63) is 22.7 Å². The maximum Gasteiger partial charge on any atom is 0.145 e. The molecule has 0 aliphatic heterocycles. The Kier molecular flexibility index (Phi) is 3.23. The van der Waals surface area contributed by atoms with Crippen molar-refractivity contribution in [2.75, 3.05) is 20.0 Å². The minimum atomic E-state index is 0.428. The number of rotatable bonds is 3. The topological polar surface area (TPSA) is 73.2 Å². The minimum Gasteiger partial charge on any atom is -0.496 e. The number of methoxy groups -OCH3 is 2. The van der Waals surface area contributed by atoms with Crippen LogP contribution in [0.2, 0.25) is 0 Å². The summed E-state index contributed by atoms with van der Waals surface area (Å²) in [5.74, 6) is 1.85. The second-order valence-corrected chi connectivity index (χ2v) is 4.16. The molecule has 17 heavy (non-hydrogen) atoms. The molecule has 1 heterocycles. The van der Waals surface area contributed by atoms with E-state index in [4.69, 9.17) is 15.2 Å². The lowest BCUT2D eigenvalue weighted by Gasteiger charge is -2.12.